The van der Waals surface area contributed by atoms with E-state index in [0.29, 0.717) is 36.2 Å². The van der Waals surface area contributed by atoms with E-state index in [2.05, 4.69) is 15.7 Å². The molecule has 2 fully saturated rings. The summed E-state index contributed by atoms with van der Waals surface area (Å²) in [7, 11) is -4.25. The molecule has 7 rings (SSSR count). The highest BCUT2D eigenvalue weighted by Gasteiger charge is 2.46. The lowest BCUT2D eigenvalue weighted by Gasteiger charge is -2.46. The number of carbonyl (C=O) groups is 2. The van der Waals surface area contributed by atoms with Crippen LogP contribution in [0.3, 0.4) is 0 Å². The van der Waals surface area contributed by atoms with Gasteiger partial charge in [0.2, 0.25) is 0 Å². The van der Waals surface area contributed by atoms with Crippen molar-refractivity contribution in [3.8, 4) is 5.75 Å². The maximum atomic E-state index is 13.6. The van der Waals surface area contributed by atoms with E-state index < -0.39 is 39.9 Å². The molecule has 2 amide bonds. The molecule has 1 saturated heterocycles. The molecule has 13 heteroatoms. The van der Waals surface area contributed by atoms with Crippen molar-refractivity contribution in [3.63, 3.8) is 0 Å². The van der Waals surface area contributed by atoms with Crippen LogP contribution in [0.15, 0.2) is 53.4 Å². The Balaban J connectivity index is 1.28. The molecule has 1 N–H and O–H groups in total. The first-order chi connectivity index (χ1) is 22.8. The van der Waals surface area contributed by atoms with Gasteiger partial charge in [0.15, 0.2) is 0 Å². The first kappa shape index (κ1) is 33.2. The molecule has 4 atom stereocenters. The lowest BCUT2D eigenvalue weighted by atomic mass is 9.68. The van der Waals surface area contributed by atoms with Crippen LogP contribution in [-0.4, -0.2) is 82.6 Å². The normalized spacial score (nSPS) is 30.3. The van der Waals surface area contributed by atoms with Crippen molar-refractivity contribution in [2.24, 2.45) is 11.8 Å². The van der Waals surface area contributed by atoms with Crippen LogP contribution in [0.4, 0.5) is 14.9 Å². The Morgan fingerprint density at radius 1 is 1.12 bits per heavy atom. The van der Waals surface area contributed by atoms with Crippen LogP contribution in [0, 0.1) is 11.8 Å². The minimum Gasteiger partial charge on any atom is -0.490 e. The number of sulfonamides is 1. The Kier molecular flexibility index (Phi) is 8.65. The third-order valence-electron chi connectivity index (χ3n) is 10.6. The summed E-state index contributed by atoms with van der Waals surface area (Å²) in [4.78, 5) is 29.7. The van der Waals surface area contributed by atoms with E-state index in [-0.39, 0.29) is 41.8 Å². The number of anilines is 1. The van der Waals surface area contributed by atoms with Gasteiger partial charge in [0.1, 0.15) is 23.6 Å². The smallest absolute Gasteiger partial charge is 0.410 e. The molecule has 48 heavy (non-hydrogen) atoms. The van der Waals surface area contributed by atoms with Crippen molar-refractivity contribution in [3.05, 3.63) is 64.7 Å². The molecule has 2 aromatic carbocycles. The van der Waals surface area contributed by atoms with Gasteiger partial charge in [-0.2, -0.15) is 0 Å². The van der Waals surface area contributed by atoms with E-state index in [0.717, 1.165) is 32.1 Å². The molecule has 0 radical (unpaired) electrons. The van der Waals surface area contributed by atoms with Crippen molar-refractivity contribution >= 4 is 39.3 Å². The van der Waals surface area contributed by atoms with Crippen LogP contribution in [0.2, 0.25) is 5.02 Å². The Labute approximate surface area is 285 Å². The highest BCUT2D eigenvalue weighted by molar-refractivity contribution is 7.90. The van der Waals surface area contributed by atoms with Crippen molar-refractivity contribution in [1.29, 1.82) is 0 Å². The number of ether oxygens (including phenoxy) is 3. The first-order valence-electron chi connectivity index (χ1n) is 16.6. The number of halogens is 2. The van der Waals surface area contributed by atoms with E-state index >= 15 is 0 Å². The first-order valence-corrected chi connectivity index (χ1v) is 18.5. The molecule has 1 saturated carbocycles. The third kappa shape index (κ3) is 6.27. The topological polar surface area (TPSA) is 114 Å². The molecule has 5 aliphatic rings. The number of aryl methyl sites for hydroxylation is 1. The summed E-state index contributed by atoms with van der Waals surface area (Å²) >= 11 is 6.41. The second-order valence-electron chi connectivity index (χ2n) is 14.3. The van der Waals surface area contributed by atoms with Crippen LogP contribution >= 0.6 is 11.6 Å². The number of nitrogens with one attached hydrogen (secondary N) is 1. The van der Waals surface area contributed by atoms with Crippen molar-refractivity contribution < 1.29 is 36.6 Å². The second kappa shape index (κ2) is 12.5. The Morgan fingerprint density at radius 3 is 2.69 bits per heavy atom. The van der Waals surface area contributed by atoms with Gasteiger partial charge in [0.25, 0.3) is 15.9 Å². The maximum Gasteiger partial charge on any atom is 0.410 e. The van der Waals surface area contributed by atoms with Crippen molar-refractivity contribution in [2.45, 2.75) is 74.1 Å². The third-order valence-corrected chi connectivity index (χ3v) is 12.2. The molecule has 10 nitrogen and oxygen atoms in total. The van der Waals surface area contributed by atoms with E-state index in [1.54, 1.807) is 24.3 Å². The highest BCUT2D eigenvalue weighted by Crippen LogP contribution is 2.47. The van der Waals surface area contributed by atoms with Gasteiger partial charge in [0, 0.05) is 29.4 Å². The molecule has 3 heterocycles. The lowest BCUT2D eigenvalue weighted by molar-refractivity contribution is -0.139. The van der Waals surface area contributed by atoms with Gasteiger partial charge in [-0.25, -0.2) is 22.3 Å². The predicted molar refractivity (Wildman–Crippen MR) is 178 cm³/mol. The summed E-state index contributed by atoms with van der Waals surface area (Å²) in [6.45, 7) is 4.53. The zero-order chi connectivity index (χ0) is 33.8. The molecule has 1 spiro atoms. The minimum atomic E-state index is -4.25. The maximum absolute atomic E-state index is 13.6. The Morgan fingerprint density at radius 2 is 1.94 bits per heavy atom. The summed E-state index contributed by atoms with van der Waals surface area (Å²) < 4.78 is 61.3. The monoisotopic (exact) mass is 701 g/mol. The van der Waals surface area contributed by atoms with Gasteiger partial charge in [-0.15, -0.1) is 0 Å². The van der Waals surface area contributed by atoms with Gasteiger partial charge in [-0.05, 0) is 99.4 Å². The molecule has 2 aromatic rings. The highest BCUT2D eigenvalue weighted by atomic mass is 35.5. The van der Waals surface area contributed by atoms with Gasteiger partial charge in [-0.3, -0.25) is 4.79 Å². The Bertz CT molecular complexity index is 1750. The number of fused-ring (bicyclic) bond motifs is 4. The van der Waals surface area contributed by atoms with Crippen molar-refractivity contribution in [2.75, 3.05) is 44.3 Å². The largest absolute Gasteiger partial charge is 0.490 e. The van der Waals surface area contributed by atoms with Crippen LogP contribution in [0.25, 0.3) is 0 Å². The zero-order valence-electron chi connectivity index (χ0n) is 27.1. The van der Waals surface area contributed by atoms with Gasteiger partial charge >= 0.3 is 6.09 Å². The summed E-state index contributed by atoms with van der Waals surface area (Å²) in [5.41, 5.74) is 1.13. The fraction of sp³-hybridized carbons (Fsp3) is 0.543. The summed E-state index contributed by atoms with van der Waals surface area (Å²) in [5.74, 6) is -0.201. The van der Waals surface area contributed by atoms with E-state index in [4.69, 9.17) is 25.8 Å². The van der Waals surface area contributed by atoms with Crippen LogP contribution in [0.5, 0.6) is 5.75 Å². The summed E-state index contributed by atoms with van der Waals surface area (Å²) in [5, 5.41) is 0.685. The van der Waals surface area contributed by atoms with E-state index in [1.807, 2.05) is 12.1 Å². The van der Waals surface area contributed by atoms with Gasteiger partial charge in [0.05, 0.1) is 36.9 Å². The molecule has 2 aliphatic carbocycles. The summed E-state index contributed by atoms with van der Waals surface area (Å²) in [6.07, 6.45) is 5.71. The molecule has 2 bridgehead atoms. The Hall–Kier alpha value is -3.35. The van der Waals surface area contributed by atoms with E-state index in [1.165, 1.54) is 35.9 Å². The minimum absolute atomic E-state index is 0.0142. The van der Waals surface area contributed by atoms with Gasteiger partial charge < -0.3 is 24.0 Å². The zero-order valence-corrected chi connectivity index (χ0v) is 28.7. The average Bonchev–Trinajstić information content (AvgIpc) is 3.15. The number of amides is 2. The molecule has 0 aromatic heterocycles. The standard InChI is InChI=1S/C35H41ClFN3O7S/c1-34(2)32(41)38-48(43,44)26-9-12-31-29(16-26)40(20-35(21-45-31)13-3-5-22-15-24(36)8-11-28(22)35)17-23-7-10-27(23)30(6-4-14-46-34)47-33(42)39-18-25(37)19-39/h4,6,8-9,11-12,15-16,23,25,27,30H,3,5,7,10,13-14,17-21H2,1-2H3,(H,38,41)/b6-4-/t23-,27+,30-,35-/m0/s1. The number of alkyl halides is 1. The molecular weight excluding hydrogens is 661 g/mol. The lowest BCUT2D eigenvalue weighted by Crippen LogP contribution is -2.54. The fourth-order valence-electron chi connectivity index (χ4n) is 7.65. The predicted octanol–water partition coefficient (Wildman–Crippen LogP) is 5.17. The fourth-order valence-corrected chi connectivity index (χ4v) is 8.96. The number of hydrogen-bond acceptors (Lipinski definition) is 8. The molecular formula is C35H41ClFN3O7S. The van der Waals surface area contributed by atoms with E-state index in [9.17, 15) is 22.4 Å². The quantitative estimate of drug-likeness (QED) is 0.406. The number of likely N-dealkylation sites (tertiary alicyclic amines) is 1. The molecule has 3 aliphatic heterocycles. The second-order valence-corrected chi connectivity index (χ2v) is 16.4. The van der Waals surface area contributed by atoms with Crippen LogP contribution in [-0.2, 0) is 36.1 Å². The molecule has 258 valence electrons. The van der Waals surface area contributed by atoms with Crippen LogP contribution < -0.4 is 14.4 Å². The summed E-state index contributed by atoms with van der Waals surface area (Å²) in [6, 6.07) is 10.7. The SMILES string of the molecule is CC1(C)OC/C=C\[C@H](OC(=O)N2CC(F)C2)[C@@H]2CC[C@H]2CN2C[C@@]3(CCCc4cc(Cl)ccc43)COc3ccc(cc32)S(=O)(=O)NC1=O. The molecule has 0 unspecified atom stereocenters. The number of hydrogen-bond donors (Lipinski definition) is 1. The number of carbonyl (C=O) groups excluding carboxylic acids is 2. The van der Waals surface area contributed by atoms with Crippen molar-refractivity contribution in [1.82, 2.24) is 9.62 Å². The number of rotatable bonds is 1. The average molecular weight is 702 g/mol. The number of benzene rings is 2. The van der Waals surface area contributed by atoms with Crippen LogP contribution in [0.1, 0.15) is 50.7 Å². The number of nitrogens with zero attached hydrogens (tertiary/aromatic N) is 2. The van der Waals surface area contributed by atoms with Gasteiger partial charge in [-0.1, -0.05) is 23.7 Å².